The molecule has 0 aromatic rings. The summed E-state index contributed by atoms with van der Waals surface area (Å²) in [6, 6.07) is -0.873. The second-order valence-electron chi connectivity index (χ2n) is 5.53. The van der Waals surface area contributed by atoms with Crippen LogP contribution in [-0.4, -0.2) is 47.4 Å². The van der Waals surface area contributed by atoms with E-state index in [0.717, 1.165) is 0 Å². The minimum atomic E-state index is -1.03. The first kappa shape index (κ1) is 15.5. The monoisotopic (exact) mass is 270 g/mol. The second-order valence-corrected chi connectivity index (χ2v) is 5.53. The molecule has 0 bridgehead atoms. The highest BCUT2D eigenvalue weighted by molar-refractivity contribution is 5.89. The number of carboxylic acid groups (broad SMARTS) is 1. The molecular formula is C13H22N2O4. The molecule has 2 N–H and O–H groups in total. The molecule has 0 radical (unpaired) electrons. The molecule has 0 aromatic heterocycles. The van der Waals surface area contributed by atoms with Crippen LogP contribution < -0.4 is 5.32 Å². The van der Waals surface area contributed by atoms with Crippen molar-refractivity contribution in [1.82, 2.24) is 10.2 Å². The number of carbonyl (C=O) groups excluding carboxylic acids is 2. The van der Waals surface area contributed by atoms with Crippen LogP contribution in [0.4, 0.5) is 0 Å². The summed E-state index contributed by atoms with van der Waals surface area (Å²) in [4.78, 5) is 36.2. The summed E-state index contributed by atoms with van der Waals surface area (Å²) in [5.74, 6) is -1.64. The summed E-state index contributed by atoms with van der Waals surface area (Å²) in [6.07, 6.45) is 1.14. The van der Waals surface area contributed by atoms with Gasteiger partial charge in [0.25, 0.3) is 0 Å². The number of amides is 2. The zero-order valence-electron chi connectivity index (χ0n) is 11.7. The first-order chi connectivity index (χ1) is 8.81. The number of hydrogen-bond donors (Lipinski definition) is 2. The molecule has 1 rings (SSSR count). The van der Waals surface area contributed by atoms with E-state index in [2.05, 4.69) is 5.32 Å². The minimum absolute atomic E-state index is 0.0675. The summed E-state index contributed by atoms with van der Waals surface area (Å²) in [6.45, 7) is 4.35. The molecule has 108 valence electrons. The van der Waals surface area contributed by atoms with Gasteiger partial charge < -0.3 is 15.3 Å². The van der Waals surface area contributed by atoms with Gasteiger partial charge in [0.1, 0.15) is 6.04 Å². The van der Waals surface area contributed by atoms with Crippen LogP contribution in [0.25, 0.3) is 0 Å². The Kier molecular flexibility index (Phi) is 5.32. The predicted octanol–water partition coefficient (Wildman–Crippen LogP) is 0.470. The Labute approximate surface area is 113 Å². The minimum Gasteiger partial charge on any atom is -0.480 e. The van der Waals surface area contributed by atoms with Crippen LogP contribution in [0.2, 0.25) is 0 Å². The normalized spacial score (nSPS) is 21.4. The van der Waals surface area contributed by atoms with Crippen molar-refractivity contribution in [2.75, 3.05) is 13.6 Å². The van der Waals surface area contributed by atoms with Gasteiger partial charge in [-0.2, -0.15) is 0 Å². The smallest absolute Gasteiger partial charge is 0.326 e. The van der Waals surface area contributed by atoms with Crippen LogP contribution in [0.1, 0.15) is 33.1 Å². The standard InChI is InChI=1S/C13H22N2O4/c1-8(2)6-10(13(18)19)14-12(17)9-4-5-15(3)11(16)7-9/h8-10H,4-7H2,1-3H3,(H,14,17)(H,18,19). The number of carbonyl (C=O) groups is 3. The van der Waals surface area contributed by atoms with Crippen molar-refractivity contribution < 1.29 is 19.5 Å². The first-order valence-corrected chi connectivity index (χ1v) is 6.58. The van der Waals surface area contributed by atoms with E-state index in [1.54, 1.807) is 11.9 Å². The first-order valence-electron chi connectivity index (χ1n) is 6.58. The molecule has 1 fully saturated rings. The van der Waals surface area contributed by atoms with Crippen LogP contribution in [0, 0.1) is 11.8 Å². The summed E-state index contributed by atoms with van der Waals surface area (Å²) >= 11 is 0. The van der Waals surface area contributed by atoms with Crippen LogP contribution in [0.3, 0.4) is 0 Å². The van der Waals surface area contributed by atoms with Gasteiger partial charge in [0.05, 0.1) is 0 Å². The Morgan fingerprint density at radius 2 is 2.11 bits per heavy atom. The van der Waals surface area contributed by atoms with Gasteiger partial charge in [-0.15, -0.1) is 0 Å². The van der Waals surface area contributed by atoms with Crippen molar-refractivity contribution in [3.63, 3.8) is 0 Å². The van der Waals surface area contributed by atoms with E-state index >= 15 is 0 Å². The molecule has 19 heavy (non-hydrogen) atoms. The highest BCUT2D eigenvalue weighted by atomic mass is 16.4. The molecule has 1 saturated heterocycles. The number of nitrogens with one attached hydrogen (secondary N) is 1. The van der Waals surface area contributed by atoms with Gasteiger partial charge in [-0.1, -0.05) is 13.8 Å². The maximum Gasteiger partial charge on any atom is 0.326 e. The van der Waals surface area contributed by atoms with E-state index in [0.29, 0.717) is 19.4 Å². The fraction of sp³-hybridized carbons (Fsp3) is 0.769. The van der Waals surface area contributed by atoms with Crippen molar-refractivity contribution in [2.45, 2.75) is 39.2 Å². The molecule has 0 aliphatic carbocycles. The Balaban J connectivity index is 2.57. The molecule has 2 amide bonds. The molecule has 6 heteroatoms. The van der Waals surface area contributed by atoms with E-state index in [9.17, 15) is 14.4 Å². The van der Waals surface area contributed by atoms with Crippen molar-refractivity contribution in [3.05, 3.63) is 0 Å². The van der Waals surface area contributed by atoms with E-state index in [1.807, 2.05) is 13.8 Å². The van der Waals surface area contributed by atoms with E-state index < -0.39 is 17.9 Å². The van der Waals surface area contributed by atoms with Crippen molar-refractivity contribution in [1.29, 1.82) is 0 Å². The molecule has 0 spiro atoms. The number of hydrogen-bond acceptors (Lipinski definition) is 3. The third-order valence-electron chi connectivity index (χ3n) is 3.35. The molecule has 2 atom stereocenters. The highest BCUT2D eigenvalue weighted by Crippen LogP contribution is 2.18. The van der Waals surface area contributed by atoms with Crippen LogP contribution >= 0.6 is 0 Å². The second kappa shape index (κ2) is 6.54. The average molecular weight is 270 g/mol. The van der Waals surface area contributed by atoms with Gasteiger partial charge in [-0.3, -0.25) is 9.59 Å². The lowest BCUT2D eigenvalue weighted by Gasteiger charge is -2.29. The molecule has 0 aromatic carbocycles. The van der Waals surface area contributed by atoms with Crippen LogP contribution in [0.5, 0.6) is 0 Å². The average Bonchev–Trinajstić information content (AvgIpc) is 2.31. The van der Waals surface area contributed by atoms with Gasteiger partial charge in [0.15, 0.2) is 0 Å². The SMILES string of the molecule is CC(C)CC(NC(=O)C1CCN(C)C(=O)C1)C(=O)O. The molecule has 0 saturated carbocycles. The third-order valence-corrected chi connectivity index (χ3v) is 3.35. The summed E-state index contributed by atoms with van der Waals surface area (Å²) in [7, 11) is 1.70. The largest absolute Gasteiger partial charge is 0.480 e. The molecule has 1 aliphatic heterocycles. The number of carboxylic acids is 1. The van der Waals surface area contributed by atoms with Gasteiger partial charge in [-0.25, -0.2) is 4.79 Å². The Morgan fingerprint density at radius 1 is 1.47 bits per heavy atom. The topological polar surface area (TPSA) is 86.7 Å². The fourth-order valence-corrected chi connectivity index (χ4v) is 2.15. The zero-order valence-corrected chi connectivity index (χ0v) is 11.7. The van der Waals surface area contributed by atoms with Gasteiger partial charge in [-0.05, 0) is 18.8 Å². The lowest BCUT2D eigenvalue weighted by atomic mass is 9.94. The number of aliphatic carboxylic acids is 1. The molecular weight excluding hydrogens is 248 g/mol. The van der Waals surface area contributed by atoms with Crippen molar-refractivity contribution in [2.24, 2.45) is 11.8 Å². The lowest BCUT2D eigenvalue weighted by molar-refractivity contribution is -0.144. The number of nitrogens with zero attached hydrogens (tertiary/aromatic N) is 1. The van der Waals surface area contributed by atoms with Crippen molar-refractivity contribution >= 4 is 17.8 Å². The Morgan fingerprint density at radius 3 is 2.58 bits per heavy atom. The molecule has 2 unspecified atom stereocenters. The Hall–Kier alpha value is -1.59. The van der Waals surface area contributed by atoms with Gasteiger partial charge in [0.2, 0.25) is 11.8 Å². The van der Waals surface area contributed by atoms with E-state index in [4.69, 9.17) is 5.11 Å². The Bertz CT molecular complexity index is 368. The van der Waals surface area contributed by atoms with E-state index in [-0.39, 0.29) is 24.2 Å². The zero-order chi connectivity index (χ0) is 14.6. The van der Waals surface area contributed by atoms with Crippen molar-refractivity contribution in [3.8, 4) is 0 Å². The van der Waals surface area contributed by atoms with Gasteiger partial charge in [0, 0.05) is 25.9 Å². The fourth-order valence-electron chi connectivity index (χ4n) is 2.15. The predicted molar refractivity (Wildman–Crippen MR) is 69.4 cm³/mol. The van der Waals surface area contributed by atoms with Gasteiger partial charge >= 0.3 is 5.97 Å². The molecule has 1 aliphatic rings. The maximum atomic E-state index is 12.0. The lowest BCUT2D eigenvalue weighted by Crippen LogP contribution is -2.47. The number of piperidine rings is 1. The highest BCUT2D eigenvalue weighted by Gasteiger charge is 2.31. The number of likely N-dealkylation sites (tertiary alicyclic amines) is 1. The molecule has 6 nitrogen and oxygen atoms in total. The van der Waals surface area contributed by atoms with E-state index in [1.165, 1.54) is 0 Å². The maximum absolute atomic E-state index is 12.0. The van der Waals surface area contributed by atoms with Crippen LogP contribution in [0.15, 0.2) is 0 Å². The summed E-state index contributed by atoms with van der Waals surface area (Å²) in [5.41, 5.74) is 0. The third kappa shape index (κ3) is 4.54. The number of rotatable bonds is 5. The molecule has 1 heterocycles. The van der Waals surface area contributed by atoms with Crippen LogP contribution in [-0.2, 0) is 14.4 Å². The summed E-state index contributed by atoms with van der Waals surface area (Å²) in [5, 5.41) is 11.6. The summed E-state index contributed by atoms with van der Waals surface area (Å²) < 4.78 is 0. The quantitative estimate of drug-likeness (QED) is 0.760.